The third-order valence-corrected chi connectivity index (χ3v) is 3.20. The van der Waals surface area contributed by atoms with Crippen LogP contribution in [0.25, 0.3) is 0 Å². The van der Waals surface area contributed by atoms with Crippen molar-refractivity contribution in [2.24, 2.45) is 11.8 Å². The van der Waals surface area contributed by atoms with E-state index in [1.54, 1.807) is 4.90 Å². The van der Waals surface area contributed by atoms with Crippen LogP contribution >= 0.6 is 0 Å². The molecule has 0 aliphatic rings. The lowest BCUT2D eigenvalue weighted by Gasteiger charge is -2.31. The molecule has 0 fully saturated rings. The van der Waals surface area contributed by atoms with Crippen molar-refractivity contribution in [3.05, 3.63) is 0 Å². The first-order valence-corrected chi connectivity index (χ1v) is 7.00. The zero-order chi connectivity index (χ0) is 15.2. The van der Waals surface area contributed by atoms with Crippen LogP contribution in [0.5, 0.6) is 0 Å². The quantitative estimate of drug-likeness (QED) is 0.748. The number of nitrogens with zero attached hydrogens (tertiary/aromatic N) is 1. The van der Waals surface area contributed by atoms with E-state index in [0.29, 0.717) is 18.9 Å². The Morgan fingerprint density at radius 2 is 1.68 bits per heavy atom. The molecule has 0 rings (SSSR count). The fourth-order valence-electron chi connectivity index (χ4n) is 1.82. The van der Waals surface area contributed by atoms with Gasteiger partial charge in [-0.3, -0.25) is 0 Å². The van der Waals surface area contributed by atoms with E-state index < -0.39 is 12.0 Å². The van der Waals surface area contributed by atoms with E-state index in [1.165, 1.54) is 0 Å². The molecule has 0 heterocycles. The first-order chi connectivity index (χ1) is 8.70. The monoisotopic (exact) mass is 272 g/mol. The van der Waals surface area contributed by atoms with Gasteiger partial charge in [-0.15, -0.1) is 0 Å². The van der Waals surface area contributed by atoms with Crippen LogP contribution in [0.3, 0.4) is 0 Å². The molecule has 0 saturated heterocycles. The summed E-state index contributed by atoms with van der Waals surface area (Å²) in [6.45, 7) is 12.3. The summed E-state index contributed by atoms with van der Waals surface area (Å²) in [4.78, 5) is 25.1. The maximum absolute atomic E-state index is 12.2. The minimum Gasteiger partial charge on any atom is -0.480 e. The molecule has 0 aromatic carbocycles. The molecular formula is C14H28N2O3. The Hall–Kier alpha value is -1.26. The number of carbonyl (C=O) groups excluding carboxylic acids is 1. The number of amides is 2. The van der Waals surface area contributed by atoms with Gasteiger partial charge < -0.3 is 15.3 Å². The lowest BCUT2D eigenvalue weighted by molar-refractivity contribution is -0.140. The number of aliphatic carboxylic acids is 1. The second-order valence-electron chi connectivity index (χ2n) is 5.79. The number of rotatable bonds is 7. The van der Waals surface area contributed by atoms with Crippen molar-refractivity contribution in [2.75, 3.05) is 6.54 Å². The van der Waals surface area contributed by atoms with E-state index in [2.05, 4.69) is 5.32 Å². The Morgan fingerprint density at radius 1 is 1.16 bits per heavy atom. The van der Waals surface area contributed by atoms with Gasteiger partial charge >= 0.3 is 12.0 Å². The third-order valence-electron chi connectivity index (χ3n) is 3.20. The van der Waals surface area contributed by atoms with Crippen LogP contribution in [0, 0.1) is 11.8 Å². The molecule has 5 heteroatoms. The van der Waals surface area contributed by atoms with Crippen LogP contribution in [0.1, 0.15) is 48.0 Å². The van der Waals surface area contributed by atoms with Gasteiger partial charge in [0.25, 0.3) is 0 Å². The SMILES string of the molecule is CC[C@H](C)[C@H](NC(=O)N(CC(C)C)C(C)C)C(=O)O. The van der Waals surface area contributed by atoms with Crippen LogP contribution in [0.15, 0.2) is 0 Å². The largest absolute Gasteiger partial charge is 0.480 e. The van der Waals surface area contributed by atoms with Gasteiger partial charge in [0, 0.05) is 12.6 Å². The lowest BCUT2D eigenvalue weighted by Crippen LogP contribution is -2.53. The summed E-state index contributed by atoms with van der Waals surface area (Å²) in [5, 5.41) is 11.8. The normalized spacial score (nSPS) is 14.3. The molecular weight excluding hydrogens is 244 g/mol. The Morgan fingerprint density at radius 3 is 2.00 bits per heavy atom. The van der Waals surface area contributed by atoms with Crippen molar-refractivity contribution in [1.29, 1.82) is 0 Å². The van der Waals surface area contributed by atoms with E-state index in [-0.39, 0.29) is 18.0 Å². The zero-order valence-electron chi connectivity index (χ0n) is 12.9. The first kappa shape index (κ1) is 17.7. The van der Waals surface area contributed by atoms with E-state index in [1.807, 2.05) is 41.5 Å². The summed E-state index contributed by atoms with van der Waals surface area (Å²) in [5.74, 6) is -0.717. The zero-order valence-corrected chi connectivity index (χ0v) is 12.9. The number of carboxylic acids is 1. The predicted molar refractivity (Wildman–Crippen MR) is 76.1 cm³/mol. The minimum absolute atomic E-state index is 0.0498. The number of hydrogen-bond donors (Lipinski definition) is 2. The smallest absolute Gasteiger partial charge is 0.326 e. The van der Waals surface area contributed by atoms with Crippen molar-refractivity contribution in [3.8, 4) is 0 Å². The van der Waals surface area contributed by atoms with Gasteiger partial charge in [0.05, 0.1) is 0 Å². The molecule has 2 N–H and O–H groups in total. The van der Waals surface area contributed by atoms with Crippen molar-refractivity contribution < 1.29 is 14.7 Å². The standard InChI is InChI=1S/C14H28N2O3/c1-7-11(6)12(13(17)18)15-14(19)16(10(4)5)8-9(2)3/h9-12H,7-8H2,1-6H3,(H,15,19)(H,17,18)/t11-,12-/m0/s1. The molecule has 0 saturated carbocycles. The Balaban J connectivity index is 4.81. The Kier molecular flexibility index (Phi) is 7.49. The van der Waals surface area contributed by atoms with Crippen molar-refractivity contribution in [1.82, 2.24) is 10.2 Å². The second-order valence-corrected chi connectivity index (χ2v) is 5.79. The summed E-state index contributed by atoms with van der Waals surface area (Å²) in [7, 11) is 0. The number of urea groups is 1. The van der Waals surface area contributed by atoms with Crippen molar-refractivity contribution in [2.45, 2.75) is 60.0 Å². The van der Waals surface area contributed by atoms with Gasteiger partial charge in [-0.2, -0.15) is 0 Å². The third kappa shape index (κ3) is 5.94. The lowest BCUT2D eigenvalue weighted by atomic mass is 9.99. The van der Waals surface area contributed by atoms with Crippen LogP contribution in [0.4, 0.5) is 4.79 Å². The van der Waals surface area contributed by atoms with Gasteiger partial charge in [0.1, 0.15) is 6.04 Å². The fraction of sp³-hybridized carbons (Fsp3) is 0.857. The molecule has 5 nitrogen and oxygen atoms in total. The van der Waals surface area contributed by atoms with Crippen LogP contribution < -0.4 is 5.32 Å². The molecule has 112 valence electrons. The van der Waals surface area contributed by atoms with E-state index >= 15 is 0 Å². The van der Waals surface area contributed by atoms with E-state index in [0.717, 1.165) is 0 Å². The molecule has 2 amide bonds. The molecule has 0 aliphatic carbocycles. The Labute approximate surface area is 116 Å². The van der Waals surface area contributed by atoms with Crippen LogP contribution in [-0.2, 0) is 4.79 Å². The average molecular weight is 272 g/mol. The van der Waals surface area contributed by atoms with E-state index in [4.69, 9.17) is 0 Å². The topological polar surface area (TPSA) is 69.6 Å². The highest BCUT2D eigenvalue weighted by atomic mass is 16.4. The van der Waals surface area contributed by atoms with Crippen molar-refractivity contribution >= 4 is 12.0 Å². The van der Waals surface area contributed by atoms with Gasteiger partial charge in [-0.1, -0.05) is 34.1 Å². The molecule has 0 bridgehead atoms. The molecule has 2 atom stereocenters. The maximum atomic E-state index is 12.2. The fourth-order valence-corrected chi connectivity index (χ4v) is 1.82. The minimum atomic E-state index is -0.976. The highest BCUT2D eigenvalue weighted by molar-refractivity contribution is 5.82. The maximum Gasteiger partial charge on any atom is 0.326 e. The molecule has 0 radical (unpaired) electrons. The molecule has 0 aromatic rings. The van der Waals surface area contributed by atoms with Crippen LogP contribution in [0.2, 0.25) is 0 Å². The summed E-state index contributed by atoms with van der Waals surface area (Å²) in [6, 6.07) is -1.07. The number of nitrogens with one attached hydrogen (secondary N) is 1. The van der Waals surface area contributed by atoms with Gasteiger partial charge in [0.15, 0.2) is 0 Å². The molecule has 0 unspecified atom stereocenters. The second kappa shape index (κ2) is 8.02. The summed E-state index contributed by atoms with van der Waals surface area (Å²) < 4.78 is 0. The highest BCUT2D eigenvalue weighted by Crippen LogP contribution is 2.10. The van der Waals surface area contributed by atoms with E-state index in [9.17, 15) is 14.7 Å². The van der Waals surface area contributed by atoms with Crippen LogP contribution in [-0.4, -0.2) is 40.6 Å². The first-order valence-electron chi connectivity index (χ1n) is 7.00. The molecule has 19 heavy (non-hydrogen) atoms. The number of carboxylic acid groups (broad SMARTS) is 1. The number of carbonyl (C=O) groups is 2. The van der Waals surface area contributed by atoms with Gasteiger partial charge in [-0.05, 0) is 25.7 Å². The number of hydrogen-bond acceptors (Lipinski definition) is 2. The average Bonchev–Trinajstić information content (AvgIpc) is 2.30. The van der Waals surface area contributed by atoms with Gasteiger partial charge in [0.2, 0.25) is 0 Å². The summed E-state index contributed by atoms with van der Waals surface area (Å²) in [6.07, 6.45) is 0.711. The Bertz CT molecular complexity index is 303. The summed E-state index contributed by atoms with van der Waals surface area (Å²) in [5.41, 5.74) is 0. The van der Waals surface area contributed by atoms with Crippen molar-refractivity contribution in [3.63, 3.8) is 0 Å². The summed E-state index contributed by atoms with van der Waals surface area (Å²) >= 11 is 0. The predicted octanol–water partition coefficient (Wildman–Crippen LogP) is 2.56. The van der Waals surface area contributed by atoms with Gasteiger partial charge in [-0.25, -0.2) is 9.59 Å². The molecule has 0 aliphatic heterocycles. The molecule has 0 aromatic heterocycles. The molecule has 0 spiro atoms. The highest BCUT2D eigenvalue weighted by Gasteiger charge is 2.28.